The van der Waals surface area contributed by atoms with Gasteiger partial charge in [0.2, 0.25) is 5.91 Å². The molecule has 3 N–H and O–H groups in total. The van der Waals surface area contributed by atoms with Crippen LogP contribution < -0.4 is 16.7 Å². The van der Waals surface area contributed by atoms with Crippen molar-refractivity contribution in [3.8, 4) is 0 Å². The van der Waals surface area contributed by atoms with Gasteiger partial charge in [-0.1, -0.05) is 18.2 Å². The fraction of sp³-hybridized carbons (Fsp3) is 0.333. The molecule has 7 heteroatoms. The summed E-state index contributed by atoms with van der Waals surface area (Å²) >= 11 is 0. The molecule has 1 aromatic heterocycles. The molecule has 6 nitrogen and oxygen atoms in total. The highest BCUT2D eigenvalue weighted by Crippen LogP contribution is 2.31. The van der Waals surface area contributed by atoms with Gasteiger partial charge in [-0.3, -0.25) is 13.9 Å². The fourth-order valence-corrected chi connectivity index (χ4v) is 4.04. The number of hydrogen-bond donors (Lipinski definition) is 2. The molecule has 0 fully saturated rings. The van der Waals surface area contributed by atoms with Crippen LogP contribution in [0.1, 0.15) is 36.4 Å². The number of nitrogens with one attached hydrogen (secondary N) is 1. The van der Waals surface area contributed by atoms with E-state index in [4.69, 9.17) is 5.73 Å². The number of aromatic nitrogens is 2. The Morgan fingerprint density at radius 2 is 1.96 bits per heavy atom. The number of para-hydroxylation sites is 2. The van der Waals surface area contributed by atoms with E-state index in [1.54, 1.807) is 16.2 Å². The van der Waals surface area contributed by atoms with Crippen molar-refractivity contribution in [1.82, 2.24) is 14.5 Å². The maximum absolute atomic E-state index is 12.6. The van der Waals surface area contributed by atoms with Crippen molar-refractivity contribution < 1.29 is 4.79 Å². The van der Waals surface area contributed by atoms with Crippen LogP contribution in [0.3, 0.4) is 0 Å². The van der Waals surface area contributed by atoms with Crippen molar-refractivity contribution in [2.24, 2.45) is 7.05 Å². The van der Waals surface area contributed by atoms with E-state index in [9.17, 15) is 9.59 Å². The van der Waals surface area contributed by atoms with Crippen LogP contribution in [0.5, 0.6) is 0 Å². The van der Waals surface area contributed by atoms with Crippen molar-refractivity contribution in [3.63, 3.8) is 0 Å². The quantitative estimate of drug-likeness (QED) is 0.660. The Balaban J connectivity index is 0.00000225. The number of fused-ring (bicyclic) bond motifs is 2. The first-order chi connectivity index (χ1) is 13.0. The maximum atomic E-state index is 12.6. The lowest BCUT2D eigenvalue weighted by Gasteiger charge is -2.26. The number of nitrogens with zero attached hydrogens (tertiary/aromatic N) is 2. The molecule has 0 saturated carbocycles. The van der Waals surface area contributed by atoms with Crippen molar-refractivity contribution in [2.45, 2.75) is 38.3 Å². The summed E-state index contributed by atoms with van der Waals surface area (Å²) in [6.45, 7) is 0.368. The second kappa shape index (κ2) is 8.10. The Morgan fingerprint density at radius 3 is 2.75 bits per heavy atom. The van der Waals surface area contributed by atoms with Crippen LogP contribution in [0.4, 0.5) is 5.69 Å². The van der Waals surface area contributed by atoms with Crippen molar-refractivity contribution in [1.29, 1.82) is 0 Å². The molecule has 1 atom stereocenters. The van der Waals surface area contributed by atoms with E-state index in [-0.39, 0.29) is 36.5 Å². The molecule has 0 radical (unpaired) electrons. The monoisotopic (exact) mass is 400 g/mol. The van der Waals surface area contributed by atoms with E-state index in [1.807, 2.05) is 42.5 Å². The molecule has 3 aromatic rings. The molecule has 1 unspecified atom stereocenters. The smallest absolute Gasteiger partial charge is 0.328 e. The van der Waals surface area contributed by atoms with Gasteiger partial charge in [0.1, 0.15) is 0 Å². The molecular weight excluding hydrogens is 376 g/mol. The van der Waals surface area contributed by atoms with Crippen LogP contribution in [-0.4, -0.2) is 15.0 Å². The van der Waals surface area contributed by atoms with Gasteiger partial charge in [0.25, 0.3) is 0 Å². The molecule has 2 aromatic carbocycles. The van der Waals surface area contributed by atoms with Gasteiger partial charge >= 0.3 is 5.69 Å². The molecular formula is C21H25ClN4O2. The van der Waals surface area contributed by atoms with Gasteiger partial charge in [-0.25, -0.2) is 4.79 Å². The first kappa shape index (κ1) is 20.0. The second-order valence-electron chi connectivity index (χ2n) is 7.20. The fourth-order valence-electron chi connectivity index (χ4n) is 4.04. The summed E-state index contributed by atoms with van der Waals surface area (Å²) in [6.07, 6.45) is 3.23. The summed E-state index contributed by atoms with van der Waals surface area (Å²) in [5.74, 6) is -0.0375. The molecule has 28 heavy (non-hydrogen) atoms. The predicted octanol–water partition coefficient (Wildman–Crippen LogP) is 2.93. The van der Waals surface area contributed by atoms with E-state index in [0.717, 1.165) is 41.5 Å². The summed E-state index contributed by atoms with van der Waals surface area (Å²) in [5.41, 5.74) is 10.7. The van der Waals surface area contributed by atoms with Crippen LogP contribution in [-0.2, 0) is 24.8 Å². The Labute approximate surface area is 169 Å². The van der Waals surface area contributed by atoms with Gasteiger partial charge < -0.3 is 11.1 Å². The van der Waals surface area contributed by atoms with Crippen molar-refractivity contribution >= 4 is 35.0 Å². The molecule has 1 amide bonds. The lowest BCUT2D eigenvalue weighted by Crippen LogP contribution is -2.32. The molecule has 0 spiro atoms. The van der Waals surface area contributed by atoms with E-state index in [2.05, 4.69) is 5.32 Å². The second-order valence-corrected chi connectivity index (χ2v) is 7.20. The highest BCUT2D eigenvalue weighted by atomic mass is 35.5. The van der Waals surface area contributed by atoms with Crippen LogP contribution >= 0.6 is 12.4 Å². The summed E-state index contributed by atoms with van der Waals surface area (Å²) in [6, 6.07) is 13.6. The van der Waals surface area contributed by atoms with Gasteiger partial charge in [-0.15, -0.1) is 12.4 Å². The van der Waals surface area contributed by atoms with Crippen LogP contribution in [0.25, 0.3) is 11.0 Å². The number of aryl methyl sites for hydroxylation is 3. The first-order valence-electron chi connectivity index (χ1n) is 9.36. The van der Waals surface area contributed by atoms with Crippen LogP contribution in [0.2, 0.25) is 0 Å². The highest BCUT2D eigenvalue weighted by molar-refractivity contribution is 5.85. The predicted molar refractivity (Wildman–Crippen MR) is 114 cm³/mol. The number of carbonyl (C=O) groups excluding carboxylic acids is 1. The molecule has 0 saturated heterocycles. The van der Waals surface area contributed by atoms with Crippen molar-refractivity contribution in [3.05, 3.63) is 64.1 Å². The minimum Gasteiger partial charge on any atom is -0.399 e. The number of hydrogen-bond acceptors (Lipinski definition) is 3. The molecule has 148 valence electrons. The normalized spacial score (nSPS) is 15.7. The number of nitrogen functional groups attached to an aromatic ring is 1. The standard InChI is InChI=1S/C21H24N4O2.ClH/c1-24-18-7-2-3-8-19(18)25(21(24)27)12-11-20(26)23-17-6-4-5-14-13-15(22)9-10-16(14)17;/h2-3,7-10,13,17H,4-6,11-12,22H2,1H3,(H,23,26);1H. The summed E-state index contributed by atoms with van der Waals surface area (Å²) < 4.78 is 3.29. The lowest BCUT2D eigenvalue weighted by molar-refractivity contribution is -0.122. The zero-order valence-corrected chi connectivity index (χ0v) is 16.7. The number of benzene rings is 2. The Bertz CT molecular complexity index is 1070. The largest absolute Gasteiger partial charge is 0.399 e. The maximum Gasteiger partial charge on any atom is 0.328 e. The van der Waals surface area contributed by atoms with E-state index in [1.165, 1.54) is 5.56 Å². The molecule has 1 heterocycles. The van der Waals surface area contributed by atoms with Crippen molar-refractivity contribution in [2.75, 3.05) is 5.73 Å². The number of anilines is 1. The number of rotatable bonds is 4. The third kappa shape index (κ3) is 3.64. The minimum absolute atomic E-state index is 0. The highest BCUT2D eigenvalue weighted by Gasteiger charge is 2.22. The Kier molecular flexibility index (Phi) is 5.79. The van der Waals surface area contributed by atoms with Gasteiger partial charge in [-0.05, 0) is 54.7 Å². The van der Waals surface area contributed by atoms with Crippen LogP contribution in [0.15, 0.2) is 47.3 Å². The number of halogens is 1. The average Bonchev–Trinajstić information content (AvgIpc) is 2.91. The van der Waals surface area contributed by atoms with E-state index in [0.29, 0.717) is 6.54 Å². The SMILES string of the molecule is Cl.Cn1c(=O)n(CCC(=O)NC2CCCc3cc(N)ccc32)c2ccccc21. The van der Waals surface area contributed by atoms with Gasteiger partial charge in [0.05, 0.1) is 17.1 Å². The van der Waals surface area contributed by atoms with Gasteiger partial charge in [0.15, 0.2) is 0 Å². The van der Waals surface area contributed by atoms with Gasteiger partial charge in [0, 0.05) is 25.7 Å². The summed E-state index contributed by atoms with van der Waals surface area (Å²) in [7, 11) is 1.76. The minimum atomic E-state index is -0.0949. The van der Waals surface area contributed by atoms with E-state index < -0.39 is 0 Å². The van der Waals surface area contributed by atoms with Gasteiger partial charge in [-0.2, -0.15) is 0 Å². The average molecular weight is 401 g/mol. The Hall–Kier alpha value is -2.73. The summed E-state index contributed by atoms with van der Waals surface area (Å²) in [4.78, 5) is 25.0. The molecule has 1 aliphatic rings. The third-order valence-corrected chi connectivity index (χ3v) is 5.43. The summed E-state index contributed by atoms with van der Waals surface area (Å²) in [5, 5.41) is 3.14. The van der Waals surface area contributed by atoms with Crippen LogP contribution in [0, 0.1) is 0 Å². The molecule has 1 aliphatic carbocycles. The number of nitrogens with two attached hydrogens (primary N) is 1. The number of amides is 1. The topological polar surface area (TPSA) is 82.0 Å². The van der Waals surface area contributed by atoms with E-state index >= 15 is 0 Å². The molecule has 4 rings (SSSR count). The zero-order chi connectivity index (χ0) is 19.0. The third-order valence-electron chi connectivity index (χ3n) is 5.43. The lowest BCUT2D eigenvalue weighted by atomic mass is 9.87. The Morgan fingerprint density at radius 1 is 1.21 bits per heavy atom. The number of carbonyl (C=O) groups is 1. The molecule has 0 aliphatic heterocycles. The molecule has 0 bridgehead atoms. The zero-order valence-electron chi connectivity index (χ0n) is 15.9. The number of imidazole rings is 1. The first-order valence-corrected chi connectivity index (χ1v) is 9.36.